The molecule has 0 heterocycles. The first-order valence-corrected chi connectivity index (χ1v) is 5.90. The highest BCUT2D eigenvalue weighted by Crippen LogP contribution is 2.31. The van der Waals surface area contributed by atoms with Crippen LogP contribution in [-0.2, 0) is 4.79 Å². The zero-order valence-electron chi connectivity index (χ0n) is 6.82. The standard InChI is InChI=1S/C9H10OS2/c1-2-9(10)12-11-8-6-4-3-5-7-8/h3-7H,2H2,1H3. The first-order valence-electron chi connectivity index (χ1n) is 3.75. The molecule has 1 aromatic rings. The largest absolute Gasteiger partial charge is 0.286 e. The molecule has 12 heavy (non-hydrogen) atoms. The Bertz CT molecular complexity index is 246. The molecule has 0 aliphatic heterocycles. The molecule has 0 amide bonds. The Hall–Kier alpha value is -0.410. The van der Waals surface area contributed by atoms with E-state index < -0.39 is 0 Å². The fraction of sp³-hybridized carbons (Fsp3) is 0.222. The highest BCUT2D eigenvalue weighted by molar-refractivity contribution is 8.82. The van der Waals surface area contributed by atoms with Crippen LogP contribution in [-0.4, -0.2) is 5.12 Å². The number of hydrogen-bond donors (Lipinski definition) is 0. The molecule has 0 atom stereocenters. The average molecular weight is 198 g/mol. The summed E-state index contributed by atoms with van der Waals surface area (Å²) >= 11 is 0. The second kappa shape index (κ2) is 5.27. The Morgan fingerprint density at radius 3 is 2.58 bits per heavy atom. The van der Waals surface area contributed by atoms with E-state index in [0.29, 0.717) is 6.42 Å². The summed E-state index contributed by atoms with van der Waals surface area (Å²) in [7, 11) is 2.83. The van der Waals surface area contributed by atoms with Crippen molar-refractivity contribution in [1.82, 2.24) is 0 Å². The topological polar surface area (TPSA) is 17.1 Å². The lowest BCUT2D eigenvalue weighted by Crippen LogP contribution is -1.82. The minimum Gasteiger partial charge on any atom is -0.286 e. The lowest BCUT2D eigenvalue weighted by atomic mass is 10.4. The highest BCUT2D eigenvalue weighted by Gasteiger charge is 1.99. The maximum atomic E-state index is 10.9. The third-order valence-corrected chi connectivity index (χ3v) is 3.67. The van der Waals surface area contributed by atoms with E-state index in [2.05, 4.69) is 0 Å². The number of hydrogen-bond acceptors (Lipinski definition) is 3. The second-order valence-corrected chi connectivity index (χ2v) is 4.47. The minimum absolute atomic E-state index is 0.226. The third kappa shape index (κ3) is 3.32. The van der Waals surface area contributed by atoms with Gasteiger partial charge in [-0.15, -0.1) is 0 Å². The monoisotopic (exact) mass is 198 g/mol. The van der Waals surface area contributed by atoms with Crippen LogP contribution in [0.1, 0.15) is 13.3 Å². The van der Waals surface area contributed by atoms with Gasteiger partial charge in [0.15, 0.2) is 5.12 Å². The van der Waals surface area contributed by atoms with E-state index in [1.54, 1.807) is 0 Å². The van der Waals surface area contributed by atoms with Gasteiger partial charge in [0.1, 0.15) is 0 Å². The van der Waals surface area contributed by atoms with Crippen LogP contribution in [0.4, 0.5) is 0 Å². The van der Waals surface area contributed by atoms with Crippen molar-refractivity contribution in [3.05, 3.63) is 30.3 Å². The highest BCUT2D eigenvalue weighted by atomic mass is 33.1. The van der Waals surface area contributed by atoms with E-state index in [1.807, 2.05) is 37.3 Å². The zero-order valence-corrected chi connectivity index (χ0v) is 8.45. The van der Waals surface area contributed by atoms with Crippen LogP contribution in [0, 0.1) is 0 Å². The average Bonchev–Trinajstić information content (AvgIpc) is 2.16. The molecule has 64 valence electrons. The van der Waals surface area contributed by atoms with Crippen LogP contribution in [0.15, 0.2) is 35.2 Å². The molecule has 0 aliphatic rings. The number of carbonyl (C=O) groups is 1. The van der Waals surface area contributed by atoms with E-state index in [1.165, 1.54) is 21.6 Å². The molecule has 1 aromatic carbocycles. The van der Waals surface area contributed by atoms with E-state index in [9.17, 15) is 4.79 Å². The summed E-state index contributed by atoms with van der Waals surface area (Å²) in [5.41, 5.74) is 0. The summed E-state index contributed by atoms with van der Waals surface area (Å²) in [6.07, 6.45) is 0.602. The van der Waals surface area contributed by atoms with Gasteiger partial charge in [0.2, 0.25) is 0 Å². The van der Waals surface area contributed by atoms with Gasteiger partial charge in [0.05, 0.1) is 0 Å². The summed E-state index contributed by atoms with van der Waals surface area (Å²) in [4.78, 5) is 12.1. The Balaban J connectivity index is 2.38. The molecule has 0 aliphatic carbocycles. The van der Waals surface area contributed by atoms with Crippen molar-refractivity contribution >= 4 is 26.7 Å². The van der Waals surface area contributed by atoms with Gasteiger partial charge in [0.25, 0.3) is 0 Å². The molecule has 1 rings (SSSR count). The van der Waals surface area contributed by atoms with Crippen molar-refractivity contribution in [2.75, 3.05) is 0 Å². The van der Waals surface area contributed by atoms with Gasteiger partial charge in [-0.25, -0.2) is 0 Å². The molecule has 0 radical (unpaired) electrons. The lowest BCUT2D eigenvalue weighted by Gasteiger charge is -1.96. The number of benzene rings is 1. The molecule has 0 bridgehead atoms. The summed E-state index contributed by atoms with van der Waals surface area (Å²) in [5.74, 6) is 0. The van der Waals surface area contributed by atoms with Gasteiger partial charge < -0.3 is 0 Å². The van der Waals surface area contributed by atoms with E-state index in [0.717, 1.165) is 4.90 Å². The first kappa shape index (κ1) is 9.68. The summed E-state index contributed by atoms with van der Waals surface area (Å²) in [5, 5.41) is 0.226. The summed E-state index contributed by atoms with van der Waals surface area (Å²) < 4.78 is 0. The van der Waals surface area contributed by atoms with Crippen molar-refractivity contribution < 1.29 is 4.79 Å². The minimum atomic E-state index is 0.226. The Labute approximate surface area is 80.3 Å². The fourth-order valence-corrected chi connectivity index (χ4v) is 2.46. The van der Waals surface area contributed by atoms with Crippen LogP contribution < -0.4 is 0 Å². The quantitative estimate of drug-likeness (QED) is 0.693. The van der Waals surface area contributed by atoms with Gasteiger partial charge in [-0.05, 0) is 33.7 Å². The molecule has 0 saturated heterocycles. The number of rotatable bonds is 3. The van der Waals surface area contributed by atoms with Crippen LogP contribution in [0.5, 0.6) is 0 Å². The Morgan fingerprint density at radius 2 is 2.00 bits per heavy atom. The predicted octanol–water partition coefficient (Wildman–Crippen LogP) is 3.36. The van der Waals surface area contributed by atoms with Crippen molar-refractivity contribution in [3.63, 3.8) is 0 Å². The molecule has 0 unspecified atom stereocenters. The summed E-state index contributed by atoms with van der Waals surface area (Å²) in [6.45, 7) is 1.88. The summed E-state index contributed by atoms with van der Waals surface area (Å²) in [6, 6.07) is 9.91. The van der Waals surface area contributed by atoms with Crippen LogP contribution in [0.25, 0.3) is 0 Å². The Morgan fingerprint density at radius 1 is 1.33 bits per heavy atom. The molecule has 0 spiro atoms. The molecular weight excluding hydrogens is 188 g/mol. The molecule has 0 fully saturated rings. The normalized spacial score (nSPS) is 9.75. The zero-order chi connectivity index (χ0) is 8.81. The van der Waals surface area contributed by atoms with Gasteiger partial charge >= 0.3 is 0 Å². The van der Waals surface area contributed by atoms with Gasteiger partial charge in [-0.1, -0.05) is 25.1 Å². The van der Waals surface area contributed by atoms with Gasteiger partial charge in [0, 0.05) is 11.3 Å². The lowest BCUT2D eigenvalue weighted by molar-refractivity contribution is -0.110. The van der Waals surface area contributed by atoms with E-state index >= 15 is 0 Å². The van der Waals surface area contributed by atoms with Crippen molar-refractivity contribution in [3.8, 4) is 0 Å². The fourth-order valence-electron chi connectivity index (χ4n) is 0.630. The van der Waals surface area contributed by atoms with E-state index in [-0.39, 0.29) is 5.12 Å². The maximum Gasteiger partial charge on any atom is 0.199 e. The molecular formula is C9H10OS2. The van der Waals surface area contributed by atoms with Crippen LogP contribution >= 0.6 is 21.6 Å². The first-order chi connectivity index (χ1) is 5.83. The molecule has 0 N–H and O–H groups in total. The van der Waals surface area contributed by atoms with Crippen molar-refractivity contribution in [1.29, 1.82) is 0 Å². The maximum absolute atomic E-state index is 10.9. The van der Waals surface area contributed by atoms with Crippen LogP contribution in [0.3, 0.4) is 0 Å². The van der Waals surface area contributed by atoms with Crippen molar-refractivity contribution in [2.45, 2.75) is 18.2 Å². The predicted molar refractivity (Wildman–Crippen MR) is 55.2 cm³/mol. The third-order valence-electron chi connectivity index (χ3n) is 1.26. The smallest absolute Gasteiger partial charge is 0.199 e. The molecule has 0 aromatic heterocycles. The number of carbonyl (C=O) groups excluding carboxylic acids is 1. The Kier molecular flexibility index (Phi) is 4.25. The van der Waals surface area contributed by atoms with E-state index in [4.69, 9.17) is 0 Å². The SMILES string of the molecule is CCC(=O)SSc1ccccc1. The van der Waals surface area contributed by atoms with Gasteiger partial charge in [-0.3, -0.25) is 4.79 Å². The second-order valence-electron chi connectivity index (χ2n) is 2.21. The van der Waals surface area contributed by atoms with Crippen molar-refractivity contribution in [2.24, 2.45) is 0 Å². The molecule has 1 nitrogen and oxygen atoms in total. The van der Waals surface area contributed by atoms with Gasteiger partial charge in [-0.2, -0.15) is 0 Å². The van der Waals surface area contributed by atoms with Crippen LogP contribution in [0.2, 0.25) is 0 Å². The molecule has 0 saturated carbocycles. The molecule has 3 heteroatoms.